The van der Waals surface area contributed by atoms with Gasteiger partial charge in [-0.05, 0) is 31.5 Å². The lowest BCUT2D eigenvalue weighted by Gasteiger charge is -2.17. The van der Waals surface area contributed by atoms with Crippen molar-refractivity contribution in [2.24, 2.45) is 0 Å². The SMILES string of the molecule is COC(=O)[C@H](Oc1ccc2c(C)c(C)c(=O)oc2c1)c1ccccc1. The first kappa shape index (κ1) is 16.8. The van der Waals surface area contributed by atoms with Gasteiger partial charge in [0.1, 0.15) is 11.3 Å². The number of hydrogen-bond acceptors (Lipinski definition) is 5. The number of aryl methyl sites for hydroxylation is 1. The second-order valence-electron chi connectivity index (χ2n) is 5.73. The number of carbonyl (C=O) groups is 1. The minimum absolute atomic E-state index is 0.380. The Kier molecular flexibility index (Phi) is 4.57. The Hall–Kier alpha value is -3.08. The van der Waals surface area contributed by atoms with Gasteiger partial charge in [-0.1, -0.05) is 30.3 Å². The van der Waals surface area contributed by atoms with Crippen LogP contribution in [0, 0.1) is 13.8 Å². The first-order valence-corrected chi connectivity index (χ1v) is 7.84. The number of methoxy groups -OCH3 is 1. The molecule has 0 unspecified atom stereocenters. The van der Waals surface area contributed by atoms with E-state index >= 15 is 0 Å². The van der Waals surface area contributed by atoms with E-state index in [1.807, 2.05) is 31.2 Å². The summed E-state index contributed by atoms with van der Waals surface area (Å²) in [5.74, 6) is -0.0917. The van der Waals surface area contributed by atoms with E-state index in [0.29, 0.717) is 22.5 Å². The van der Waals surface area contributed by atoms with E-state index in [9.17, 15) is 9.59 Å². The largest absolute Gasteiger partial charge is 0.474 e. The molecule has 0 aliphatic rings. The highest BCUT2D eigenvalue weighted by atomic mass is 16.6. The lowest BCUT2D eigenvalue weighted by atomic mass is 10.1. The van der Waals surface area contributed by atoms with Gasteiger partial charge >= 0.3 is 11.6 Å². The van der Waals surface area contributed by atoms with Crippen LogP contribution in [0.15, 0.2) is 57.7 Å². The number of rotatable bonds is 4. The van der Waals surface area contributed by atoms with Crippen LogP contribution in [0.3, 0.4) is 0 Å². The van der Waals surface area contributed by atoms with Crippen LogP contribution in [0.5, 0.6) is 5.75 Å². The first-order chi connectivity index (χ1) is 12.0. The summed E-state index contributed by atoms with van der Waals surface area (Å²) in [6.45, 7) is 3.60. The third kappa shape index (κ3) is 3.26. The lowest BCUT2D eigenvalue weighted by Crippen LogP contribution is -2.20. The Balaban J connectivity index is 2.02. The van der Waals surface area contributed by atoms with Crippen LogP contribution in [0.25, 0.3) is 11.0 Å². The molecule has 0 aliphatic carbocycles. The monoisotopic (exact) mass is 338 g/mol. The molecule has 0 saturated carbocycles. The highest BCUT2D eigenvalue weighted by Gasteiger charge is 2.23. The first-order valence-electron chi connectivity index (χ1n) is 7.84. The van der Waals surface area contributed by atoms with Crippen molar-refractivity contribution in [3.05, 3.63) is 75.6 Å². The summed E-state index contributed by atoms with van der Waals surface area (Å²) in [7, 11) is 1.31. The molecule has 0 spiro atoms. The number of esters is 1. The van der Waals surface area contributed by atoms with Gasteiger partial charge in [0.25, 0.3) is 0 Å². The van der Waals surface area contributed by atoms with Crippen LogP contribution >= 0.6 is 0 Å². The number of carbonyl (C=O) groups excluding carboxylic acids is 1. The van der Waals surface area contributed by atoms with Crippen molar-refractivity contribution in [1.29, 1.82) is 0 Å². The topological polar surface area (TPSA) is 65.7 Å². The van der Waals surface area contributed by atoms with E-state index in [0.717, 1.165) is 10.9 Å². The van der Waals surface area contributed by atoms with Gasteiger partial charge in [-0.3, -0.25) is 0 Å². The Morgan fingerprint density at radius 1 is 1.04 bits per heavy atom. The molecule has 0 N–H and O–H groups in total. The zero-order chi connectivity index (χ0) is 18.0. The van der Waals surface area contributed by atoms with Gasteiger partial charge in [0.15, 0.2) is 0 Å². The summed E-state index contributed by atoms with van der Waals surface area (Å²) < 4.78 is 16.0. The molecule has 128 valence electrons. The van der Waals surface area contributed by atoms with Crippen LogP contribution in [-0.2, 0) is 9.53 Å². The summed E-state index contributed by atoms with van der Waals surface area (Å²) in [5, 5.41) is 0.832. The van der Waals surface area contributed by atoms with Crippen molar-refractivity contribution in [3.63, 3.8) is 0 Å². The Labute approximate surface area is 144 Å². The molecule has 5 heteroatoms. The molecule has 5 nitrogen and oxygen atoms in total. The number of ether oxygens (including phenoxy) is 2. The quantitative estimate of drug-likeness (QED) is 0.536. The molecule has 0 radical (unpaired) electrons. The molecule has 3 rings (SSSR count). The van der Waals surface area contributed by atoms with Gasteiger partial charge in [-0.2, -0.15) is 0 Å². The molecule has 0 fully saturated rings. The van der Waals surface area contributed by atoms with E-state index in [-0.39, 0.29) is 5.63 Å². The molecule has 3 aromatic rings. The van der Waals surface area contributed by atoms with Crippen molar-refractivity contribution in [3.8, 4) is 5.75 Å². The number of hydrogen-bond donors (Lipinski definition) is 0. The van der Waals surface area contributed by atoms with Crippen molar-refractivity contribution < 1.29 is 18.7 Å². The Morgan fingerprint density at radius 3 is 2.44 bits per heavy atom. The van der Waals surface area contributed by atoms with Crippen LogP contribution in [0.2, 0.25) is 0 Å². The fourth-order valence-corrected chi connectivity index (χ4v) is 2.62. The number of benzene rings is 2. The zero-order valence-electron chi connectivity index (χ0n) is 14.2. The molecular weight excluding hydrogens is 320 g/mol. The zero-order valence-corrected chi connectivity index (χ0v) is 14.2. The van der Waals surface area contributed by atoms with Crippen molar-refractivity contribution >= 4 is 16.9 Å². The fourth-order valence-electron chi connectivity index (χ4n) is 2.62. The molecule has 1 atom stereocenters. The lowest BCUT2D eigenvalue weighted by molar-refractivity contribution is -0.149. The third-order valence-corrected chi connectivity index (χ3v) is 4.20. The van der Waals surface area contributed by atoms with E-state index < -0.39 is 12.1 Å². The van der Waals surface area contributed by atoms with Gasteiger partial charge < -0.3 is 13.9 Å². The summed E-state index contributed by atoms with van der Waals surface area (Å²) in [6, 6.07) is 14.2. The average molecular weight is 338 g/mol. The second-order valence-corrected chi connectivity index (χ2v) is 5.73. The predicted octanol–water partition coefficient (Wildman–Crippen LogP) is 3.70. The predicted molar refractivity (Wildman–Crippen MR) is 93.8 cm³/mol. The van der Waals surface area contributed by atoms with E-state index in [4.69, 9.17) is 13.9 Å². The van der Waals surface area contributed by atoms with Gasteiger partial charge in [-0.15, -0.1) is 0 Å². The summed E-state index contributed by atoms with van der Waals surface area (Å²) in [5.41, 5.74) is 2.16. The van der Waals surface area contributed by atoms with Crippen LogP contribution < -0.4 is 10.4 Å². The van der Waals surface area contributed by atoms with Crippen molar-refractivity contribution in [2.75, 3.05) is 7.11 Å². The third-order valence-electron chi connectivity index (χ3n) is 4.20. The average Bonchev–Trinajstić information content (AvgIpc) is 2.64. The number of fused-ring (bicyclic) bond motifs is 1. The molecule has 25 heavy (non-hydrogen) atoms. The van der Waals surface area contributed by atoms with Gasteiger partial charge in [0.2, 0.25) is 6.10 Å². The van der Waals surface area contributed by atoms with Crippen molar-refractivity contribution in [2.45, 2.75) is 20.0 Å². The maximum absolute atomic E-state index is 12.1. The van der Waals surface area contributed by atoms with Gasteiger partial charge in [0, 0.05) is 22.6 Å². The molecule has 1 aromatic heterocycles. The van der Waals surface area contributed by atoms with Crippen LogP contribution in [-0.4, -0.2) is 13.1 Å². The second kappa shape index (κ2) is 6.81. The molecule has 0 aliphatic heterocycles. The minimum atomic E-state index is -0.901. The molecule has 1 heterocycles. The van der Waals surface area contributed by atoms with Gasteiger partial charge in [-0.25, -0.2) is 9.59 Å². The summed E-state index contributed by atoms with van der Waals surface area (Å²) >= 11 is 0. The normalized spacial score (nSPS) is 12.0. The minimum Gasteiger partial charge on any atom is -0.474 e. The van der Waals surface area contributed by atoms with Gasteiger partial charge in [0.05, 0.1) is 7.11 Å². The van der Waals surface area contributed by atoms with Crippen LogP contribution in [0.4, 0.5) is 0 Å². The molecule has 0 bridgehead atoms. The van der Waals surface area contributed by atoms with Crippen molar-refractivity contribution in [1.82, 2.24) is 0 Å². The highest BCUT2D eigenvalue weighted by Crippen LogP contribution is 2.28. The Morgan fingerprint density at radius 2 is 1.76 bits per heavy atom. The maximum atomic E-state index is 12.1. The summed E-state index contributed by atoms with van der Waals surface area (Å²) in [4.78, 5) is 24.0. The smallest absolute Gasteiger partial charge is 0.351 e. The maximum Gasteiger partial charge on any atom is 0.351 e. The molecule has 0 amide bonds. The highest BCUT2D eigenvalue weighted by molar-refractivity contribution is 5.82. The molecular formula is C20H18O5. The van der Waals surface area contributed by atoms with E-state index in [2.05, 4.69) is 0 Å². The van der Waals surface area contributed by atoms with Crippen LogP contribution in [0.1, 0.15) is 22.8 Å². The molecule has 0 saturated heterocycles. The van der Waals surface area contributed by atoms with E-state index in [1.54, 1.807) is 31.2 Å². The fraction of sp³-hybridized carbons (Fsp3) is 0.200. The molecule has 2 aromatic carbocycles. The Bertz CT molecular complexity index is 973. The standard InChI is InChI=1S/C20H18O5/c1-12-13(2)19(21)25-17-11-15(9-10-16(12)17)24-18(20(22)23-3)14-7-5-4-6-8-14/h4-11,18H,1-3H3/t18-/m1/s1. The summed E-state index contributed by atoms with van der Waals surface area (Å²) in [6.07, 6.45) is -0.901. The van der Waals surface area contributed by atoms with E-state index in [1.165, 1.54) is 7.11 Å².